The Morgan fingerprint density at radius 3 is 2.85 bits per heavy atom. The Balaban J connectivity index is 2.05. The molecular formula is C13H10ClNO4S. The van der Waals surface area contributed by atoms with Crippen LogP contribution in [-0.4, -0.2) is 17.5 Å². The quantitative estimate of drug-likeness (QED) is 0.479. The lowest BCUT2D eigenvalue weighted by molar-refractivity contribution is -0.385. The normalized spacial score (nSPS) is 10.2. The SMILES string of the molecule is O=C(OCCc1cccs1)c1cc(Cl)ccc1[N+](=O)[O-]. The molecule has 0 aliphatic carbocycles. The Morgan fingerprint density at radius 1 is 1.40 bits per heavy atom. The molecule has 20 heavy (non-hydrogen) atoms. The summed E-state index contributed by atoms with van der Waals surface area (Å²) in [6, 6.07) is 7.64. The van der Waals surface area contributed by atoms with Crippen molar-refractivity contribution >= 4 is 34.6 Å². The van der Waals surface area contributed by atoms with Gasteiger partial charge in [-0.05, 0) is 23.6 Å². The molecule has 0 aliphatic heterocycles. The second-order valence-corrected chi connectivity index (χ2v) is 5.35. The first-order chi connectivity index (χ1) is 9.58. The summed E-state index contributed by atoms with van der Waals surface area (Å²) < 4.78 is 5.05. The average Bonchev–Trinajstić information content (AvgIpc) is 2.91. The minimum Gasteiger partial charge on any atom is -0.462 e. The minimum atomic E-state index is -0.740. The van der Waals surface area contributed by atoms with Crippen LogP contribution in [0, 0.1) is 10.1 Å². The van der Waals surface area contributed by atoms with Crippen LogP contribution >= 0.6 is 22.9 Å². The zero-order valence-corrected chi connectivity index (χ0v) is 11.8. The zero-order valence-electron chi connectivity index (χ0n) is 10.2. The monoisotopic (exact) mass is 311 g/mol. The first-order valence-electron chi connectivity index (χ1n) is 5.71. The van der Waals surface area contributed by atoms with Crippen LogP contribution in [0.1, 0.15) is 15.2 Å². The van der Waals surface area contributed by atoms with E-state index >= 15 is 0 Å². The van der Waals surface area contributed by atoms with Crippen molar-refractivity contribution in [2.45, 2.75) is 6.42 Å². The first kappa shape index (κ1) is 14.5. The minimum absolute atomic E-state index is 0.131. The summed E-state index contributed by atoms with van der Waals surface area (Å²) >= 11 is 7.31. The molecule has 7 heteroatoms. The fourth-order valence-electron chi connectivity index (χ4n) is 1.61. The second kappa shape index (κ2) is 6.49. The van der Waals surface area contributed by atoms with Crippen LogP contribution in [0.5, 0.6) is 0 Å². The maximum Gasteiger partial charge on any atom is 0.345 e. The molecule has 0 bridgehead atoms. The predicted octanol–water partition coefficient (Wildman–Crippen LogP) is 3.71. The molecule has 0 amide bonds. The number of ether oxygens (including phenoxy) is 1. The molecule has 0 saturated carbocycles. The fourth-order valence-corrected chi connectivity index (χ4v) is 2.47. The van der Waals surface area contributed by atoms with Crippen LogP contribution in [0.15, 0.2) is 35.7 Å². The van der Waals surface area contributed by atoms with Crippen molar-refractivity contribution in [3.8, 4) is 0 Å². The fraction of sp³-hybridized carbons (Fsp3) is 0.154. The number of hydrogen-bond donors (Lipinski definition) is 0. The van der Waals surface area contributed by atoms with Gasteiger partial charge in [0.25, 0.3) is 5.69 Å². The maximum atomic E-state index is 11.9. The lowest BCUT2D eigenvalue weighted by Crippen LogP contribution is -2.10. The molecule has 0 spiro atoms. The van der Waals surface area contributed by atoms with Crippen molar-refractivity contribution < 1.29 is 14.5 Å². The van der Waals surface area contributed by atoms with Gasteiger partial charge in [-0.25, -0.2) is 4.79 Å². The molecule has 0 saturated heterocycles. The molecule has 2 aromatic rings. The number of benzene rings is 1. The molecule has 0 radical (unpaired) electrons. The smallest absolute Gasteiger partial charge is 0.345 e. The molecular weight excluding hydrogens is 302 g/mol. The molecule has 0 aliphatic rings. The average molecular weight is 312 g/mol. The van der Waals surface area contributed by atoms with E-state index in [0.717, 1.165) is 4.88 Å². The van der Waals surface area contributed by atoms with Gasteiger partial charge in [-0.2, -0.15) is 0 Å². The molecule has 1 aromatic heterocycles. The van der Waals surface area contributed by atoms with Gasteiger partial charge in [-0.1, -0.05) is 17.7 Å². The third kappa shape index (κ3) is 3.55. The second-order valence-electron chi connectivity index (χ2n) is 3.88. The van der Waals surface area contributed by atoms with Gasteiger partial charge in [0.15, 0.2) is 0 Å². The number of nitro benzene ring substituents is 1. The van der Waals surface area contributed by atoms with Gasteiger partial charge < -0.3 is 4.74 Å². The van der Waals surface area contributed by atoms with E-state index in [1.807, 2.05) is 17.5 Å². The Morgan fingerprint density at radius 2 is 2.20 bits per heavy atom. The van der Waals surface area contributed by atoms with E-state index in [9.17, 15) is 14.9 Å². The highest BCUT2D eigenvalue weighted by molar-refractivity contribution is 7.09. The van der Waals surface area contributed by atoms with Gasteiger partial charge in [0, 0.05) is 22.4 Å². The number of rotatable bonds is 5. The summed E-state index contributed by atoms with van der Waals surface area (Å²) in [4.78, 5) is 23.2. The van der Waals surface area contributed by atoms with Crippen molar-refractivity contribution in [2.75, 3.05) is 6.61 Å². The highest BCUT2D eigenvalue weighted by Crippen LogP contribution is 2.23. The van der Waals surface area contributed by atoms with Crippen LogP contribution in [-0.2, 0) is 11.2 Å². The van der Waals surface area contributed by atoms with Crippen molar-refractivity contribution in [3.05, 3.63) is 61.3 Å². The van der Waals surface area contributed by atoms with Gasteiger partial charge in [0.05, 0.1) is 11.5 Å². The third-order valence-electron chi connectivity index (χ3n) is 2.54. The summed E-state index contributed by atoms with van der Waals surface area (Å²) in [7, 11) is 0. The molecule has 0 fully saturated rings. The number of hydrogen-bond acceptors (Lipinski definition) is 5. The van der Waals surface area contributed by atoms with Crippen molar-refractivity contribution in [1.29, 1.82) is 0 Å². The molecule has 5 nitrogen and oxygen atoms in total. The van der Waals surface area contributed by atoms with Crippen LogP contribution in [0.25, 0.3) is 0 Å². The van der Waals surface area contributed by atoms with Gasteiger partial charge >= 0.3 is 5.97 Å². The van der Waals surface area contributed by atoms with Crippen LogP contribution in [0.2, 0.25) is 5.02 Å². The highest BCUT2D eigenvalue weighted by Gasteiger charge is 2.21. The van der Waals surface area contributed by atoms with Crippen molar-refractivity contribution in [1.82, 2.24) is 0 Å². The van der Waals surface area contributed by atoms with E-state index in [2.05, 4.69) is 0 Å². The van der Waals surface area contributed by atoms with E-state index < -0.39 is 10.9 Å². The number of carbonyl (C=O) groups excluding carboxylic acids is 1. The number of nitro groups is 1. The van der Waals surface area contributed by atoms with Gasteiger partial charge in [0.1, 0.15) is 5.56 Å². The largest absolute Gasteiger partial charge is 0.462 e. The van der Waals surface area contributed by atoms with Crippen LogP contribution < -0.4 is 0 Å². The molecule has 1 heterocycles. The maximum absolute atomic E-state index is 11.9. The van der Waals surface area contributed by atoms with Crippen molar-refractivity contribution in [2.24, 2.45) is 0 Å². The summed E-state index contributed by atoms with van der Waals surface area (Å²) in [5.41, 5.74) is -0.441. The Kier molecular flexibility index (Phi) is 4.70. The van der Waals surface area contributed by atoms with E-state index in [4.69, 9.17) is 16.3 Å². The number of halogens is 1. The molecule has 104 valence electrons. The molecule has 0 N–H and O–H groups in total. The van der Waals surface area contributed by atoms with E-state index in [1.54, 1.807) is 11.3 Å². The molecule has 2 rings (SSSR count). The third-order valence-corrected chi connectivity index (χ3v) is 3.71. The summed E-state index contributed by atoms with van der Waals surface area (Å²) in [6.07, 6.45) is 0.581. The van der Waals surface area contributed by atoms with E-state index in [-0.39, 0.29) is 22.9 Å². The van der Waals surface area contributed by atoms with Gasteiger partial charge in [-0.3, -0.25) is 10.1 Å². The molecule has 0 atom stereocenters. The molecule has 0 unspecified atom stereocenters. The highest BCUT2D eigenvalue weighted by atomic mass is 35.5. The zero-order chi connectivity index (χ0) is 14.5. The topological polar surface area (TPSA) is 69.4 Å². The summed E-state index contributed by atoms with van der Waals surface area (Å²) in [6.45, 7) is 0.170. The van der Waals surface area contributed by atoms with E-state index in [1.165, 1.54) is 18.2 Å². The van der Waals surface area contributed by atoms with Gasteiger partial charge in [-0.15, -0.1) is 11.3 Å². The number of esters is 1. The Bertz CT molecular complexity index is 627. The Labute approximate surface area is 123 Å². The van der Waals surface area contributed by atoms with Crippen molar-refractivity contribution in [3.63, 3.8) is 0 Å². The molecule has 1 aromatic carbocycles. The van der Waals surface area contributed by atoms with Crippen LogP contribution in [0.4, 0.5) is 5.69 Å². The predicted molar refractivity (Wildman–Crippen MR) is 76.4 cm³/mol. The number of carbonyl (C=O) groups is 1. The Hall–Kier alpha value is -1.92. The van der Waals surface area contributed by atoms with Gasteiger partial charge in [0.2, 0.25) is 0 Å². The summed E-state index contributed by atoms with van der Waals surface area (Å²) in [5, 5.41) is 13.0. The first-order valence-corrected chi connectivity index (χ1v) is 6.97. The van der Waals surface area contributed by atoms with Crippen LogP contribution in [0.3, 0.4) is 0 Å². The standard InChI is InChI=1S/C13H10ClNO4S/c14-9-3-4-12(15(17)18)11(8-9)13(16)19-6-5-10-2-1-7-20-10/h1-4,7-8H,5-6H2. The number of nitrogens with zero attached hydrogens (tertiary/aromatic N) is 1. The lowest BCUT2D eigenvalue weighted by Gasteiger charge is -2.05. The number of thiophene rings is 1. The summed E-state index contributed by atoms with van der Waals surface area (Å²) in [5.74, 6) is -0.740. The lowest BCUT2D eigenvalue weighted by atomic mass is 10.2. The van der Waals surface area contributed by atoms with E-state index in [0.29, 0.717) is 6.42 Å².